The monoisotopic (exact) mass is 498 g/mol. The van der Waals surface area contributed by atoms with Crippen molar-refractivity contribution in [3.63, 3.8) is 0 Å². The first kappa shape index (κ1) is 24.2. The molecule has 1 aromatic heterocycles. The molecular weight excluding hydrogens is 471 g/mol. The molecule has 11 heteroatoms. The number of carbonyl (C=O) groups is 1. The average molecular weight is 499 g/mol. The van der Waals surface area contributed by atoms with Crippen LogP contribution in [0.2, 0.25) is 5.02 Å². The number of nitrogens with zero attached hydrogens (tertiary/aromatic N) is 2. The Bertz CT molecular complexity index is 1080. The molecule has 2 N–H and O–H groups in total. The van der Waals surface area contributed by atoms with Crippen LogP contribution in [0.1, 0.15) is 41.9 Å². The minimum absolute atomic E-state index is 0.0428. The predicted molar refractivity (Wildman–Crippen MR) is 122 cm³/mol. The van der Waals surface area contributed by atoms with Crippen LogP contribution in [0.15, 0.2) is 35.4 Å². The first-order valence-electron chi connectivity index (χ1n) is 11.0. The number of hydrogen-bond acceptors (Lipinski definition) is 5. The molecule has 2 aliphatic heterocycles. The number of halogens is 2. The van der Waals surface area contributed by atoms with Gasteiger partial charge in [0.2, 0.25) is 10.0 Å². The van der Waals surface area contributed by atoms with Gasteiger partial charge in [-0.15, -0.1) is 0 Å². The molecule has 1 amide bonds. The zero-order chi connectivity index (χ0) is 23.6. The fourth-order valence-electron chi connectivity index (χ4n) is 4.39. The van der Waals surface area contributed by atoms with E-state index in [1.165, 1.54) is 24.4 Å². The number of sulfonamides is 1. The number of amides is 1. The van der Waals surface area contributed by atoms with Gasteiger partial charge in [-0.2, -0.15) is 0 Å². The van der Waals surface area contributed by atoms with Crippen molar-refractivity contribution in [2.75, 3.05) is 39.3 Å². The normalized spacial score (nSPS) is 20.8. The second-order valence-corrected chi connectivity index (χ2v) is 10.6. The van der Waals surface area contributed by atoms with Gasteiger partial charge >= 0.3 is 0 Å². The summed E-state index contributed by atoms with van der Waals surface area (Å²) in [7, 11) is -3.95. The number of likely N-dealkylation sites (tertiary alicyclic amines) is 1. The second kappa shape index (κ2) is 10.1. The molecular formula is C22H28ClFN4O4S. The van der Waals surface area contributed by atoms with Gasteiger partial charge in [-0.05, 0) is 38.0 Å². The Morgan fingerprint density at radius 1 is 1.33 bits per heavy atom. The molecule has 2 aliphatic rings. The minimum Gasteiger partial charge on any atom is -0.376 e. The smallest absolute Gasteiger partial charge is 0.270 e. The minimum atomic E-state index is -3.95. The molecule has 2 unspecified atom stereocenters. The fraction of sp³-hybridized carbons (Fsp3) is 0.500. The maximum atomic E-state index is 14.8. The van der Waals surface area contributed by atoms with Gasteiger partial charge in [-0.3, -0.25) is 9.69 Å². The van der Waals surface area contributed by atoms with Crippen LogP contribution in [0, 0.1) is 5.82 Å². The van der Waals surface area contributed by atoms with Crippen molar-refractivity contribution in [2.24, 2.45) is 0 Å². The lowest BCUT2D eigenvalue weighted by molar-refractivity contribution is -0.0342. The van der Waals surface area contributed by atoms with E-state index in [1.54, 1.807) is 11.0 Å². The molecule has 0 saturated carbocycles. The maximum Gasteiger partial charge on any atom is 0.270 e. The lowest BCUT2D eigenvalue weighted by Crippen LogP contribution is -2.46. The van der Waals surface area contributed by atoms with E-state index in [0.29, 0.717) is 32.8 Å². The summed E-state index contributed by atoms with van der Waals surface area (Å²) in [5.74, 6) is -0.710. The maximum absolute atomic E-state index is 14.8. The highest BCUT2D eigenvalue weighted by molar-refractivity contribution is 7.89. The number of aromatic nitrogens is 1. The number of morpholine rings is 1. The molecule has 4 rings (SSSR count). The molecule has 0 aliphatic carbocycles. The summed E-state index contributed by atoms with van der Waals surface area (Å²) in [5, 5.41) is 0.235. The van der Waals surface area contributed by atoms with Crippen LogP contribution in [-0.4, -0.2) is 74.5 Å². The van der Waals surface area contributed by atoms with Crippen molar-refractivity contribution in [3.05, 3.63) is 52.6 Å². The van der Waals surface area contributed by atoms with Crippen LogP contribution in [0.25, 0.3) is 0 Å². The number of H-pyrrole nitrogens is 1. The summed E-state index contributed by atoms with van der Waals surface area (Å²) >= 11 is 6.32. The second-order valence-electron chi connectivity index (χ2n) is 8.43. The zero-order valence-electron chi connectivity index (χ0n) is 18.4. The Balaban J connectivity index is 1.54. The molecule has 8 nitrogen and oxygen atoms in total. The van der Waals surface area contributed by atoms with E-state index in [-0.39, 0.29) is 39.7 Å². The summed E-state index contributed by atoms with van der Waals surface area (Å²) < 4.78 is 49.0. The topological polar surface area (TPSA) is 94.7 Å². The molecule has 2 saturated heterocycles. The quantitative estimate of drug-likeness (QED) is 0.612. The van der Waals surface area contributed by atoms with Gasteiger partial charge in [0.1, 0.15) is 16.4 Å². The number of carbonyl (C=O) groups excluding carboxylic acids is 1. The average Bonchev–Trinajstić information content (AvgIpc) is 3.48. The standard InChI is InChI=1S/C22H28ClFN4O4S/c1-15-14-28(9-10-32-15)20(21-17(23)5-4-6-18(21)24)13-26-33(30,31)16-11-19(25-12-16)22(29)27-7-2-3-8-27/h4-6,11-12,15,20,25-26H,2-3,7-10,13-14H2,1H3. The van der Waals surface area contributed by atoms with Crippen LogP contribution < -0.4 is 4.72 Å². The van der Waals surface area contributed by atoms with Gasteiger partial charge in [0, 0.05) is 49.5 Å². The van der Waals surface area contributed by atoms with Gasteiger partial charge in [-0.25, -0.2) is 17.5 Å². The van der Waals surface area contributed by atoms with Gasteiger partial charge in [0.15, 0.2) is 0 Å². The highest BCUT2D eigenvalue weighted by atomic mass is 35.5. The van der Waals surface area contributed by atoms with E-state index in [9.17, 15) is 17.6 Å². The van der Waals surface area contributed by atoms with Crippen molar-refractivity contribution in [1.29, 1.82) is 0 Å². The van der Waals surface area contributed by atoms with E-state index in [2.05, 4.69) is 9.71 Å². The fourth-order valence-corrected chi connectivity index (χ4v) is 5.71. The third-order valence-electron chi connectivity index (χ3n) is 6.10. The highest BCUT2D eigenvalue weighted by Crippen LogP contribution is 2.31. The van der Waals surface area contributed by atoms with Crippen molar-refractivity contribution in [2.45, 2.75) is 36.8 Å². The summed E-state index contributed by atoms with van der Waals surface area (Å²) in [5.41, 5.74) is 0.475. The molecule has 0 spiro atoms. The Kier molecular flexibility index (Phi) is 7.40. The summed E-state index contributed by atoms with van der Waals surface area (Å²) in [6, 6.07) is 5.14. The van der Waals surface area contributed by atoms with Crippen molar-refractivity contribution in [1.82, 2.24) is 19.5 Å². The van der Waals surface area contributed by atoms with Gasteiger partial charge in [0.05, 0.1) is 18.8 Å². The summed E-state index contributed by atoms with van der Waals surface area (Å²) in [6.07, 6.45) is 3.11. The molecule has 33 heavy (non-hydrogen) atoms. The Hall–Kier alpha value is -1.98. The number of aromatic amines is 1. The third kappa shape index (κ3) is 5.41. The SMILES string of the molecule is CC1CN(C(CNS(=O)(=O)c2c[nH]c(C(=O)N3CCCC3)c2)c2c(F)cccc2Cl)CCO1. The van der Waals surface area contributed by atoms with E-state index in [1.807, 2.05) is 11.8 Å². The van der Waals surface area contributed by atoms with Gasteiger partial charge < -0.3 is 14.6 Å². The zero-order valence-corrected chi connectivity index (χ0v) is 20.0. The lowest BCUT2D eigenvalue weighted by atomic mass is 10.0. The molecule has 0 radical (unpaired) electrons. The Labute approximate surface area is 198 Å². The molecule has 2 aromatic rings. The van der Waals surface area contributed by atoms with Gasteiger partial charge in [-0.1, -0.05) is 17.7 Å². The van der Waals surface area contributed by atoms with E-state index in [4.69, 9.17) is 16.3 Å². The van der Waals surface area contributed by atoms with Crippen molar-refractivity contribution < 1.29 is 22.3 Å². The summed E-state index contributed by atoms with van der Waals surface area (Å²) in [4.78, 5) is 19.0. The Morgan fingerprint density at radius 3 is 2.79 bits per heavy atom. The van der Waals surface area contributed by atoms with Crippen molar-refractivity contribution in [3.8, 4) is 0 Å². The van der Waals surface area contributed by atoms with Crippen LogP contribution >= 0.6 is 11.6 Å². The van der Waals surface area contributed by atoms with E-state index >= 15 is 0 Å². The van der Waals surface area contributed by atoms with Crippen LogP contribution in [0.3, 0.4) is 0 Å². The van der Waals surface area contributed by atoms with E-state index < -0.39 is 21.9 Å². The number of rotatable bonds is 7. The van der Waals surface area contributed by atoms with Crippen LogP contribution in [-0.2, 0) is 14.8 Å². The molecule has 0 bridgehead atoms. The molecule has 2 fully saturated rings. The van der Waals surface area contributed by atoms with Crippen LogP contribution in [0.5, 0.6) is 0 Å². The van der Waals surface area contributed by atoms with Crippen molar-refractivity contribution >= 4 is 27.5 Å². The number of benzene rings is 1. The summed E-state index contributed by atoms with van der Waals surface area (Å²) in [6.45, 7) is 4.64. The number of nitrogens with one attached hydrogen (secondary N) is 2. The molecule has 1 aromatic carbocycles. The van der Waals surface area contributed by atoms with Gasteiger partial charge in [0.25, 0.3) is 5.91 Å². The van der Waals surface area contributed by atoms with Crippen LogP contribution in [0.4, 0.5) is 4.39 Å². The molecule has 180 valence electrons. The predicted octanol–water partition coefficient (Wildman–Crippen LogP) is 2.78. The number of hydrogen-bond donors (Lipinski definition) is 2. The highest BCUT2D eigenvalue weighted by Gasteiger charge is 2.31. The largest absolute Gasteiger partial charge is 0.376 e. The third-order valence-corrected chi connectivity index (χ3v) is 7.84. The first-order chi connectivity index (χ1) is 15.8. The molecule has 3 heterocycles. The Morgan fingerprint density at radius 2 is 2.09 bits per heavy atom. The van der Waals surface area contributed by atoms with E-state index in [0.717, 1.165) is 12.8 Å². The lowest BCUT2D eigenvalue weighted by Gasteiger charge is -2.38. The number of ether oxygens (including phenoxy) is 1. The molecule has 2 atom stereocenters. The first-order valence-corrected chi connectivity index (χ1v) is 12.9.